The maximum Gasteiger partial charge on any atom is 0.267 e. The third-order valence-corrected chi connectivity index (χ3v) is 5.33. The van der Waals surface area contributed by atoms with Crippen LogP contribution >= 0.6 is 15.9 Å². The van der Waals surface area contributed by atoms with Gasteiger partial charge in [0.25, 0.3) is 17.0 Å². The first-order valence-electron chi connectivity index (χ1n) is 9.97. The van der Waals surface area contributed by atoms with Crippen molar-refractivity contribution in [3.05, 3.63) is 56.4 Å². The van der Waals surface area contributed by atoms with Gasteiger partial charge in [0.2, 0.25) is 17.7 Å². The van der Waals surface area contributed by atoms with E-state index in [4.69, 9.17) is 0 Å². The molecule has 4 heterocycles. The summed E-state index contributed by atoms with van der Waals surface area (Å²) in [5.41, 5.74) is 0.990. The number of rotatable bonds is 1. The number of carbonyl (C=O) groups is 4. The van der Waals surface area contributed by atoms with Crippen LogP contribution in [-0.2, 0) is 19.2 Å². The number of aryl methyl sites for hydroxylation is 2. The molecule has 2 aromatic rings. The number of aromatic nitrogens is 4. The van der Waals surface area contributed by atoms with Crippen LogP contribution in [0, 0.1) is 13.8 Å². The van der Waals surface area contributed by atoms with Crippen molar-refractivity contribution in [3.63, 3.8) is 0 Å². The quantitative estimate of drug-likeness (QED) is 0.340. The van der Waals surface area contributed by atoms with Crippen molar-refractivity contribution < 1.29 is 19.2 Å². The topological polar surface area (TPSA) is 173 Å². The lowest BCUT2D eigenvalue weighted by Gasteiger charge is -2.21. The summed E-state index contributed by atoms with van der Waals surface area (Å²) in [6.07, 6.45) is 1.62. The maximum absolute atomic E-state index is 11.5. The van der Waals surface area contributed by atoms with E-state index in [0.29, 0.717) is 25.0 Å². The standard InChI is InChI=1S/C10H11N3O3.C5H6BrNO2.C5H6N2O/c1-6-2-5-9(15)13(12-6)7-3-4-8(14)11-10(7)16;6-3-1-2-4(8)7-5(3)9;1-4-2-3-5(8)7-6-4/h2,5,7H,3-4H2,1H3,(H,11,14,16);3H,1-2H2,(H,7,8,9);2-3H,1H3,(H,7,8). The van der Waals surface area contributed by atoms with Crippen molar-refractivity contribution in [1.82, 2.24) is 30.6 Å². The molecule has 0 aliphatic carbocycles. The molecular weight excluding hydrogens is 500 g/mol. The molecule has 2 aliphatic heterocycles. The van der Waals surface area contributed by atoms with Crippen LogP contribution < -0.4 is 21.8 Å². The van der Waals surface area contributed by atoms with Gasteiger partial charge in [0, 0.05) is 25.0 Å². The Kier molecular flexibility index (Phi) is 9.33. The van der Waals surface area contributed by atoms with Crippen LogP contribution in [0.15, 0.2) is 33.9 Å². The Morgan fingerprint density at radius 3 is 1.97 bits per heavy atom. The van der Waals surface area contributed by atoms with Gasteiger partial charge in [-0.2, -0.15) is 10.2 Å². The Balaban J connectivity index is 0.000000192. The van der Waals surface area contributed by atoms with E-state index in [2.05, 4.69) is 41.9 Å². The highest BCUT2D eigenvalue weighted by molar-refractivity contribution is 9.10. The Morgan fingerprint density at radius 2 is 1.45 bits per heavy atom. The monoisotopic (exact) mass is 522 g/mol. The largest absolute Gasteiger partial charge is 0.295 e. The molecule has 13 heteroatoms. The summed E-state index contributed by atoms with van der Waals surface area (Å²) in [4.78, 5) is 65.3. The van der Waals surface area contributed by atoms with E-state index < -0.39 is 11.9 Å². The Morgan fingerprint density at radius 1 is 0.848 bits per heavy atom. The molecule has 12 nitrogen and oxygen atoms in total. The molecule has 2 aliphatic rings. The molecule has 0 aromatic carbocycles. The molecule has 4 rings (SSSR count). The lowest BCUT2D eigenvalue weighted by molar-refractivity contribution is -0.136. The van der Waals surface area contributed by atoms with Gasteiger partial charge < -0.3 is 0 Å². The van der Waals surface area contributed by atoms with Gasteiger partial charge in [-0.15, -0.1) is 0 Å². The van der Waals surface area contributed by atoms with Crippen molar-refractivity contribution in [2.24, 2.45) is 0 Å². The van der Waals surface area contributed by atoms with Gasteiger partial charge in [0.15, 0.2) is 0 Å². The minimum Gasteiger partial charge on any atom is -0.295 e. The Labute approximate surface area is 196 Å². The number of carbonyl (C=O) groups excluding carboxylic acids is 4. The molecule has 0 spiro atoms. The first kappa shape index (κ1) is 25.8. The van der Waals surface area contributed by atoms with E-state index in [1.54, 1.807) is 19.1 Å². The average molecular weight is 523 g/mol. The summed E-state index contributed by atoms with van der Waals surface area (Å²) in [5, 5.41) is 14.3. The molecule has 4 amide bonds. The molecule has 2 fully saturated rings. The number of aromatic amines is 1. The van der Waals surface area contributed by atoms with E-state index in [0.717, 1.165) is 10.4 Å². The minimum atomic E-state index is -0.676. The van der Waals surface area contributed by atoms with Crippen LogP contribution in [0.25, 0.3) is 0 Å². The summed E-state index contributed by atoms with van der Waals surface area (Å²) < 4.78 is 1.14. The maximum atomic E-state index is 11.5. The number of imide groups is 2. The number of halogens is 1. The lowest BCUT2D eigenvalue weighted by Crippen LogP contribution is -2.45. The summed E-state index contributed by atoms with van der Waals surface area (Å²) in [5.74, 6) is -1.15. The van der Waals surface area contributed by atoms with E-state index in [-0.39, 0.29) is 40.1 Å². The van der Waals surface area contributed by atoms with Gasteiger partial charge in [-0.3, -0.25) is 39.4 Å². The van der Waals surface area contributed by atoms with Gasteiger partial charge in [-0.05, 0) is 38.8 Å². The second-order valence-electron chi connectivity index (χ2n) is 7.21. The van der Waals surface area contributed by atoms with E-state index >= 15 is 0 Å². The summed E-state index contributed by atoms with van der Waals surface area (Å²) in [7, 11) is 0. The highest BCUT2D eigenvalue weighted by Gasteiger charge is 2.29. The first-order chi connectivity index (χ1) is 15.6. The van der Waals surface area contributed by atoms with Crippen LogP contribution in [0.5, 0.6) is 0 Å². The number of nitrogens with zero attached hydrogens (tertiary/aromatic N) is 3. The molecule has 2 saturated heterocycles. The second kappa shape index (κ2) is 11.9. The minimum absolute atomic E-state index is 0.157. The molecule has 2 unspecified atom stereocenters. The first-order valence-corrected chi connectivity index (χ1v) is 10.9. The molecule has 2 atom stereocenters. The normalized spacial score (nSPS) is 19.8. The summed E-state index contributed by atoms with van der Waals surface area (Å²) >= 11 is 3.12. The highest BCUT2D eigenvalue weighted by Crippen LogP contribution is 2.15. The summed E-state index contributed by atoms with van der Waals surface area (Å²) in [6, 6.07) is 5.39. The number of amides is 4. The second-order valence-corrected chi connectivity index (χ2v) is 8.31. The fourth-order valence-electron chi connectivity index (χ4n) is 2.74. The Bertz CT molecular complexity index is 1140. The van der Waals surface area contributed by atoms with Gasteiger partial charge >= 0.3 is 0 Å². The number of alkyl halides is 1. The third-order valence-electron chi connectivity index (χ3n) is 4.45. The van der Waals surface area contributed by atoms with Gasteiger partial charge in [0.1, 0.15) is 6.04 Å². The molecule has 2 aromatic heterocycles. The number of piperidine rings is 2. The number of H-pyrrole nitrogens is 1. The van der Waals surface area contributed by atoms with Crippen LogP contribution in [0.4, 0.5) is 0 Å². The zero-order valence-electron chi connectivity index (χ0n) is 18.0. The van der Waals surface area contributed by atoms with E-state index in [1.165, 1.54) is 12.1 Å². The fourth-order valence-corrected chi connectivity index (χ4v) is 3.08. The van der Waals surface area contributed by atoms with Crippen LogP contribution in [0.2, 0.25) is 0 Å². The predicted octanol–water partition coefficient (Wildman–Crippen LogP) is -0.206. The fraction of sp³-hybridized carbons (Fsp3) is 0.400. The number of nitrogens with one attached hydrogen (secondary N) is 3. The molecule has 0 radical (unpaired) electrons. The van der Waals surface area contributed by atoms with Gasteiger partial charge in [-0.1, -0.05) is 15.9 Å². The number of hydrogen-bond acceptors (Lipinski definition) is 8. The Hall–Kier alpha value is -3.48. The molecule has 0 saturated carbocycles. The van der Waals surface area contributed by atoms with Gasteiger partial charge in [-0.25, -0.2) is 9.78 Å². The van der Waals surface area contributed by atoms with E-state index in [1.807, 2.05) is 6.92 Å². The van der Waals surface area contributed by atoms with Crippen molar-refractivity contribution >= 4 is 39.6 Å². The SMILES string of the molecule is Cc1ccc(=O)[nH]n1.Cc1ccc(=O)n(C2CCC(=O)NC2=O)n1.O=C1CCC(Br)C(=O)N1. The zero-order chi connectivity index (χ0) is 24.5. The van der Waals surface area contributed by atoms with Crippen LogP contribution in [0.1, 0.15) is 43.1 Å². The van der Waals surface area contributed by atoms with Crippen molar-refractivity contribution in [2.75, 3.05) is 0 Å². The predicted molar refractivity (Wildman–Crippen MR) is 119 cm³/mol. The number of hydrogen-bond donors (Lipinski definition) is 3. The molecule has 33 heavy (non-hydrogen) atoms. The molecular formula is C20H23BrN6O6. The van der Waals surface area contributed by atoms with E-state index in [9.17, 15) is 28.8 Å². The highest BCUT2D eigenvalue weighted by atomic mass is 79.9. The van der Waals surface area contributed by atoms with Gasteiger partial charge in [0.05, 0.1) is 16.2 Å². The zero-order valence-corrected chi connectivity index (χ0v) is 19.5. The van der Waals surface area contributed by atoms with Crippen molar-refractivity contribution in [2.45, 2.75) is 50.4 Å². The molecule has 3 N–H and O–H groups in total. The molecule has 176 valence electrons. The lowest BCUT2D eigenvalue weighted by atomic mass is 10.1. The average Bonchev–Trinajstić information content (AvgIpc) is 2.76. The smallest absolute Gasteiger partial charge is 0.267 e. The van der Waals surface area contributed by atoms with Crippen LogP contribution in [-0.4, -0.2) is 48.4 Å². The van der Waals surface area contributed by atoms with Crippen molar-refractivity contribution in [1.29, 1.82) is 0 Å². The third kappa shape index (κ3) is 8.18. The molecule has 0 bridgehead atoms. The van der Waals surface area contributed by atoms with Crippen molar-refractivity contribution in [3.8, 4) is 0 Å². The van der Waals surface area contributed by atoms with Crippen LogP contribution in [0.3, 0.4) is 0 Å². The summed E-state index contributed by atoms with van der Waals surface area (Å²) in [6.45, 7) is 3.55.